The molecule has 0 atom stereocenters. The summed E-state index contributed by atoms with van der Waals surface area (Å²) in [6.45, 7) is -0.124. The van der Waals surface area contributed by atoms with Crippen LogP contribution in [0.2, 0.25) is 0 Å². The molecule has 2 rings (SSSR count). The van der Waals surface area contributed by atoms with Crippen molar-refractivity contribution in [2.24, 2.45) is 15.5 Å². The smallest absolute Gasteiger partial charge is 0.748 e. The van der Waals surface area contributed by atoms with Crippen LogP contribution in [0.4, 0.5) is 11.4 Å². The third-order valence-corrected chi connectivity index (χ3v) is 4.70. The van der Waals surface area contributed by atoms with Gasteiger partial charge in [0.15, 0.2) is 6.19 Å². The van der Waals surface area contributed by atoms with Crippen molar-refractivity contribution in [1.82, 2.24) is 5.43 Å². The Kier molecular flexibility index (Phi) is 11.0. The van der Waals surface area contributed by atoms with E-state index < -0.39 is 15.9 Å². The minimum absolute atomic E-state index is 0. The Morgan fingerprint density at radius 3 is 2.31 bits per heavy atom. The van der Waals surface area contributed by atoms with Gasteiger partial charge >= 0.3 is 29.6 Å². The molecule has 0 aromatic heterocycles. The number of anilines is 1. The minimum atomic E-state index is -4.37. The monoisotopic (exact) mass is 470 g/mol. The second kappa shape index (κ2) is 12.9. The number of benzene rings is 2. The first kappa shape index (κ1) is 27.3. The molecule has 0 radical (unpaired) electrons. The Morgan fingerprint density at radius 2 is 1.75 bits per heavy atom. The van der Waals surface area contributed by atoms with Gasteiger partial charge in [-0.25, -0.2) is 8.42 Å². The van der Waals surface area contributed by atoms with E-state index in [4.69, 9.17) is 14.7 Å². The molecule has 0 saturated heterocycles. The van der Waals surface area contributed by atoms with Crippen LogP contribution in [0.3, 0.4) is 0 Å². The van der Waals surface area contributed by atoms with E-state index in [0.29, 0.717) is 22.9 Å². The summed E-state index contributed by atoms with van der Waals surface area (Å²) in [5, 5.41) is 19.8. The number of rotatable bonds is 10. The summed E-state index contributed by atoms with van der Waals surface area (Å²) in [6, 6.07) is 10.6. The molecule has 0 amide bonds. The van der Waals surface area contributed by atoms with Crippen molar-refractivity contribution in [1.29, 1.82) is 5.26 Å². The summed E-state index contributed by atoms with van der Waals surface area (Å²) in [4.78, 5) is 1.24. The molecular weight excluding hydrogens is 449 g/mol. The Hall–Kier alpha value is -2.76. The van der Waals surface area contributed by atoms with Crippen LogP contribution < -0.4 is 49.9 Å². The molecule has 12 nitrogen and oxygen atoms in total. The second-order valence-corrected chi connectivity index (χ2v) is 7.45. The van der Waals surface area contributed by atoms with E-state index in [9.17, 15) is 13.0 Å². The maximum Gasteiger partial charge on any atom is 1.00 e. The molecule has 164 valence electrons. The molecule has 0 aliphatic heterocycles. The van der Waals surface area contributed by atoms with Crippen molar-refractivity contribution in [3.05, 3.63) is 36.4 Å². The Morgan fingerprint density at radius 1 is 1.12 bits per heavy atom. The van der Waals surface area contributed by atoms with Crippen molar-refractivity contribution < 1.29 is 56.8 Å². The van der Waals surface area contributed by atoms with Gasteiger partial charge in [0.2, 0.25) is 6.54 Å². The molecule has 0 bridgehead atoms. The van der Waals surface area contributed by atoms with E-state index in [1.54, 1.807) is 36.5 Å². The van der Waals surface area contributed by atoms with E-state index in [1.165, 1.54) is 26.1 Å². The molecule has 0 fully saturated rings. The normalized spacial score (nSPS) is 11.4. The van der Waals surface area contributed by atoms with Crippen molar-refractivity contribution in [3.63, 3.8) is 0 Å². The molecule has 0 aliphatic rings. The maximum absolute atomic E-state index is 10.9. The fourth-order valence-electron chi connectivity index (χ4n) is 2.55. The Labute approximate surface area is 207 Å². The van der Waals surface area contributed by atoms with Crippen LogP contribution in [-0.4, -0.2) is 51.3 Å². The van der Waals surface area contributed by atoms with Crippen LogP contribution >= 0.6 is 0 Å². The number of methoxy groups -OCH3 is 2. The van der Waals surface area contributed by atoms with Gasteiger partial charge < -0.3 is 14.0 Å². The summed E-state index contributed by atoms with van der Waals surface area (Å²) in [6.07, 6.45) is 1.64. The number of nitrogens with zero attached hydrogens (tertiary/aromatic N) is 5. The maximum atomic E-state index is 10.9. The van der Waals surface area contributed by atoms with Gasteiger partial charge in [0.1, 0.15) is 38.7 Å². The van der Waals surface area contributed by atoms with Crippen molar-refractivity contribution in [2.75, 3.05) is 39.0 Å². The van der Waals surface area contributed by atoms with Gasteiger partial charge in [-0.3, -0.25) is 0 Å². The van der Waals surface area contributed by atoms with Gasteiger partial charge in [-0.15, -0.1) is 10.5 Å². The molecular formula is C18H21N7NaO5S+. The first-order chi connectivity index (χ1) is 14.8. The summed E-state index contributed by atoms with van der Waals surface area (Å²) >= 11 is 0. The summed E-state index contributed by atoms with van der Waals surface area (Å²) < 4.78 is 43.4. The molecule has 2 aromatic carbocycles. The van der Waals surface area contributed by atoms with E-state index in [-0.39, 0.29) is 36.1 Å². The Balaban J connectivity index is 0.00000512. The van der Waals surface area contributed by atoms with Crippen LogP contribution in [0.1, 0.15) is 0 Å². The van der Waals surface area contributed by atoms with Gasteiger partial charge in [0.25, 0.3) is 0 Å². The second-order valence-electron chi connectivity index (χ2n) is 5.92. The van der Waals surface area contributed by atoms with E-state index in [2.05, 4.69) is 26.3 Å². The molecule has 0 aliphatic carbocycles. The first-order valence-electron chi connectivity index (χ1n) is 8.80. The number of nitrogens with one attached hydrogen (secondary N) is 2. The molecule has 32 heavy (non-hydrogen) atoms. The van der Waals surface area contributed by atoms with E-state index in [1.807, 2.05) is 6.07 Å². The molecule has 14 heteroatoms. The van der Waals surface area contributed by atoms with Crippen molar-refractivity contribution >= 4 is 21.5 Å². The average Bonchev–Trinajstić information content (AvgIpc) is 2.76. The van der Waals surface area contributed by atoms with Gasteiger partial charge in [0.05, 0.1) is 21.3 Å². The van der Waals surface area contributed by atoms with Crippen molar-refractivity contribution in [3.8, 4) is 28.8 Å². The summed E-state index contributed by atoms with van der Waals surface area (Å²) in [7, 11) is 0.0808. The number of hydrogen-bond donors (Lipinski definition) is 2. The zero-order valence-electron chi connectivity index (χ0n) is 18.1. The van der Waals surface area contributed by atoms with E-state index in [0.717, 1.165) is 11.1 Å². The Bertz CT molecular complexity index is 1130. The fraction of sp³-hybridized carbons (Fsp3) is 0.278. The van der Waals surface area contributed by atoms with Gasteiger partial charge in [-0.1, -0.05) is 17.4 Å². The van der Waals surface area contributed by atoms with Crippen LogP contribution in [0.5, 0.6) is 11.5 Å². The zero-order valence-corrected chi connectivity index (χ0v) is 20.9. The zero-order chi connectivity index (χ0) is 22.9. The van der Waals surface area contributed by atoms with Crippen LogP contribution in [0.25, 0.3) is 11.1 Å². The molecule has 2 aromatic rings. The van der Waals surface area contributed by atoms with Crippen LogP contribution in [0.15, 0.2) is 51.8 Å². The first-order valence-corrected chi connectivity index (χ1v) is 10.4. The number of nitriles is 1. The average molecular weight is 470 g/mol. The minimum Gasteiger partial charge on any atom is -0.748 e. The topological polar surface area (TPSA) is 164 Å². The largest absolute Gasteiger partial charge is 1.00 e. The number of ether oxygens (including phenoxy) is 2. The fourth-order valence-corrected chi connectivity index (χ4v) is 2.94. The molecule has 0 saturated carbocycles. The number of hydrogen-bond acceptors (Lipinski definition) is 9. The van der Waals surface area contributed by atoms with Crippen LogP contribution in [0, 0.1) is 11.5 Å². The van der Waals surface area contributed by atoms with Gasteiger partial charge in [0, 0.05) is 0 Å². The van der Waals surface area contributed by atoms with Gasteiger partial charge in [-0.2, -0.15) is 10.7 Å². The predicted octanol–water partition coefficient (Wildman–Crippen LogP) is -0.589. The standard InChI is InChI=1S/C18H21N7O5S.Na/c1-20-25(8-9-31(26,27)28)23-16-7-5-14(11-18(16)30-3)13-4-6-15(17(10-13)29-2)22-24-21-12-19;/h4-7,10-11,20H,8-9H2,1-3H3,(H,26,27,28);/q;+1. The van der Waals surface area contributed by atoms with Crippen molar-refractivity contribution in [2.45, 2.75) is 0 Å². The summed E-state index contributed by atoms with van der Waals surface area (Å²) in [5.74, 6) is 0.333. The molecule has 0 heterocycles. The summed E-state index contributed by atoms with van der Waals surface area (Å²) in [5.41, 5.74) is 7.57. The third-order valence-electron chi connectivity index (χ3n) is 4.02. The quantitative estimate of drug-likeness (QED) is 0.0885. The molecule has 0 unspecified atom stereocenters. The predicted molar refractivity (Wildman–Crippen MR) is 110 cm³/mol. The SMILES string of the molecule is CN=[N+](CCS(=O)(=O)[O-])Nc1ccc(-c2ccc(N=NNC#N)c(OC)c2)cc1OC.[Na+]. The molecule has 2 N–H and O–H groups in total. The number of hydrazine groups is 1. The van der Waals surface area contributed by atoms with E-state index >= 15 is 0 Å². The van der Waals surface area contributed by atoms with Crippen LogP contribution in [-0.2, 0) is 10.1 Å². The third kappa shape index (κ3) is 8.06. The number of azo groups is 1. The van der Waals surface area contributed by atoms with Gasteiger partial charge in [-0.05, 0) is 45.3 Å². The molecule has 0 spiro atoms.